The standard InChI is InChI=1S/C19H24N6O/c1-12-7-13(2)17(16(26)8-12)25-10-14-9-20-19(22-18(14)23-25)21-15-5-4-6-24(3)11-15/h7-10,15,26H,4-6,11H2,1-3H3,(H,21,22,23)/t15-/m1/s1. The Hall–Kier alpha value is -2.67. The Balaban J connectivity index is 1.64. The zero-order valence-corrected chi connectivity index (χ0v) is 15.4. The quantitative estimate of drug-likeness (QED) is 0.754. The lowest BCUT2D eigenvalue weighted by atomic mass is 10.1. The summed E-state index contributed by atoms with van der Waals surface area (Å²) in [5.74, 6) is 0.819. The van der Waals surface area contributed by atoms with Crippen LogP contribution in [-0.2, 0) is 0 Å². The van der Waals surface area contributed by atoms with Crippen LogP contribution in [-0.4, -0.2) is 55.9 Å². The highest BCUT2D eigenvalue weighted by molar-refractivity contribution is 5.75. The maximum Gasteiger partial charge on any atom is 0.225 e. The van der Waals surface area contributed by atoms with Gasteiger partial charge < -0.3 is 15.3 Å². The molecule has 1 atom stereocenters. The van der Waals surface area contributed by atoms with Crippen molar-refractivity contribution in [2.45, 2.75) is 32.7 Å². The molecule has 1 fully saturated rings. The number of hydrogen-bond donors (Lipinski definition) is 2. The Morgan fingerprint density at radius 1 is 1.27 bits per heavy atom. The first kappa shape index (κ1) is 16.8. The summed E-state index contributed by atoms with van der Waals surface area (Å²) in [7, 11) is 2.13. The van der Waals surface area contributed by atoms with Crippen molar-refractivity contribution in [3.63, 3.8) is 0 Å². The topological polar surface area (TPSA) is 79.1 Å². The largest absolute Gasteiger partial charge is 0.506 e. The van der Waals surface area contributed by atoms with Crippen molar-refractivity contribution in [2.24, 2.45) is 0 Å². The van der Waals surface area contributed by atoms with Crippen LogP contribution in [0.4, 0.5) is 5.95 Å². The summed E-state index contributed by atoms with van der Waals surface area (Å²) in [6.07, 6.45) is 5.93. The van der Waals surface area contributed by atoms with Crippen LogP contribution in [0.3, 0.4) is 0 Å². The number of piperidine rings is 1. The molecule has 2 N–H and O–H groups in total. The van der Waals surface area contributed by atoms with E-state index in [-0.39, 0.29) is 5.75 Å². The third kappa shape index (κ3) is 3.22. The Kier molecular flexibility index (Phi) is 4.24. The SMILES string of the molecule is Cc1cc(C)c(-n2cc3cnc(N[C@@H]4CCCN(C)C4)nc3n2)c(O)c1. The summed E-state index contributed by atoms with van der Waals surface area (Å²) in [5.41, 5.74) is 3.28. The van der Waals surface area contributed by atoms with Crippen LogP contribution in [0, 0.1) is 13.8 Å². The zero-order valence-electron chi connectivity index (χ0n) is 15.4. The summed E-state index contributed by atoms with van der Waals surface area (Å²) < 4.78 is 1.68. The van der Waals surface area contributed by atoms with E-state index >= 15 is 0 Å². The van der Waals surface area contributed by atoms with Gasteiger partial charge in [-0.1, -0.05) is 6.07 Å². The van der Waals surface area contributed by atoms with Gasteiger partial charge in [-0.05, 0) is 57.5 Å². The van der Waals surface area contributed by atoms with Crippen molar-refractivity contribution in [1.82, 2.24) is 24.6 Å². The average molecular weight is 352 g/mol. The van der Waals surface area contributed by atoms with E-state index < -0.39 is 0 Å². The van der Waals surface area contributed by atoms with Gasteiger partial charge in [-0.15, -0.1) is 5.10 Å². The van der Waals surface area contributed by atoms with Crippen molar-refractivity contribution in [2.75, 3.05) is 25.5 Å². The van der Waals surface area contributed by atoms with Gasteiger partial charge in [-0.2, -0.15) is 4.98 Å². The highest BCUT2D eigenvalue weighted by Gasteiger charge is 2.18. The Morgan fingerprint density at radius 2 is 2.12 bits per heavy atom. The van der Waals surface area contributed by atoms with E-state index in [9.17, 15) is 5.11 Å². The van der Waals surface area contributed by atoms with Crippen molar-refractivity contribution in [3.05, 3.63) is 35.7 Å². The van der Waals surface area contributed by atoms with Crippen LogP contribution in [0.5, 0.6) is 5.75 Å². The summed E-state index contributed by atoms with van der Waals surface area (Å²) in [6.45, 7) is 6.06. The number of benzene rings is 1. The minimum atomic E-state index is 0.215. The van der Waals surface area contributed by atoms with Crippen LogP contribution in [0.15, 0.2) is 24.5 Å². The fourth-order valence-corrected chi connectivity index (χ4v) is 3.70. The smallest absolute Gasteiger partial charge is 0.225 e. The molecule has 1 saturated heterocycles. The summed E-state index contributed by atoms with van der Waals surface area (Å²) >= 11 is 0. The molecule has 7 nitrogen and oxygen atoms in total. The van der Waals surface area contributed by atoms with Crippen molar-refractivity contribution >= 4 is 17.0 Å². The van der Waals surface area contributed by atoms with E-state index in [0.29, 0.717) is 23.3 Å². The Morgan fingerprint density at radius 3 is 2.88 bits per heavy atom. The molecule has 1 aromatic carbocycles. The minimum Gasteiger partial charge on any atom is -0.506 e. The predicted molar refractivity (Wildman–Crippen MR) is 102 cm³/mol. The van der Waals surface area contributed by atoms with Crippen LogP contribution >= 0.6 is 0 Å². The lowest BCUT2D eigenvalue weighted by Crippen LogP contribution is -2.40. The van der Waals surface area contributed by atoms with Gasteiger partial charge in [0.05, 0.1) is 5.39 Å². The van der Waals surface area contributed by atoms with Crippen molar-refractivity contribution < 1.29 is 5.11 Å². The predicted octanol–water partition coefficient (Wildman–Crippen LogP) is 2.64. The number of phenolic OH excluding ortho intramolecular Hbond substituents is 1. The molecule has 1 aliphatic heterocycles. The molecule has 26 heavy (non-hydrogen) atoms. The van der Waals surface area contributed by atoms with Crippen LogP contribution in [0.25, 0.3) is 16.7 Å². The molecule has 3 aromatic rings. The molecular weight excluding hydrogens is 328 g/mol. The summed E-state index contributed by atoms with van der Waals surface area (Å²) in [6, 6.07) is 4.13. The Bertz CT molecular complexity index is 927. The second-order valence-electron chi connectivity index (χ2n) is 7.24. The van der Waals surface area contributed by atoms with Gasteiger partial charge in [0.1, 0.15) is 11.4 Å². The van der Waals surface area contributed by atoms with Gasteiger partial charge >= 0.3 is 0 Å². The van der Waals surface area contributed by atoms with Gasteiger partial charge in [0.15, 0.2) is 5.65 Å². The highest BCUT2D eigenvalue weighted by atomic mass is 16.3. The second kappa shape index (κ2) is 6.57. The van der Waals surface area contributed by atoms with Gasteiger partial charge in [-0.25, -0.2) is 9.67 Å². The number of aromatic nitrogens is 4. The number of aryl methyl sites for hydroxylation is 2. The van der Waals surface area contributed by atoms with E-state index in [0.717, 1.165) is 36.0 Å². The molecule has 2 aromatic heterocycles. The summed E-state index contributed by atoms with van der Waals surface area (Å²) in [5, 5.41) is 19.2. The number of rotatable bonds is 3. The fourth-order valence-electron chi connectivity index (χ4n) is 3.70. The van der Waals surface area contributed by atoms with Crippen LogP contribution in [0.2, 0.25) is 0 Å². The third-order valence-electron chi connectivity index (χ3n) is 4.87. The number of nitrogens with one attached hydrogen (secondary N) is 1. The first-order valence-electron chi connectivity index (χ1n) is 8.97. The summed E-state index contributed by atoms with van der Waals surface area (Å²) in [4.78, 5) is 11.3. The van der Waals surface area contributed by atoms with Crippen LogP contribution in [0.1, 0.15) is 24.0 Å². The molecule has 0 bridgehead atoms. The number of anilines is 1. The first-order chi connectivity index (χ1) is 12.5. The van der Waals surface area contributed by atoms with Gasteiger partial charge in [0.25, 0.3) is 0 Å². The normalized spacial score (nSPS) is 18.3. The molecule has 0 aliphatic carbocycles. The molecule has 7 heteroatoms. The molecule has 0 spiro atoms. The molecule has 136 valence electrons. The van der Waals surface area contributed by atoms with E-state index in [1.54, 1.807) is 16.9 Å². The van der Waals surface area contributed by atoms with Crippen molar-refractivity contribution in [1.29, 1.82) is 0 Å². The zero-order chi connectivity index (χ0) is 18.3. The highest BCUT2D eigenvalue weighted by Crippen LogP contribution is 2.28. The molecule has 0 saturated carbocycles. The number of aromatic hydroxyl groups is 1. The lowest BCUT2D eigenvalue weighted by Gasteiger charge is -2.30. The number of likely N-dealkylation sites (tertiary alicyclic amines) is 1. The maximum absolute atomic E-state index is 10.3. The average Bonchev–Trinajstić information content (AvgIpc) is 2.96. The molecule has 0 amide bonds. The number of nitrogens with zero attached hydrogens (tertiary/aromatic N) is 5. The maximum atomic E-state index is 10.3. The minimum absolute atomic E-state index is 0.215. The number of hydrogen-bond acceptors (Lipinski definition) is 6. The molecule has 4 rings (SSSR count). The number of likely N-dealkylation sites (N-methyl/N-ethyl adjacent to an activating group) is 1. The molecule has 3 heterocycles. The number of phenols is 1. The molecular formula is C19H24N6O. The van der Waals surface area contributed by atoms with E-state index in [4.69, 9.17) is 0 Å². The lowest BCUT2D eigenvalue weighted by molar-refractivity contribution is 0.260. The molecule has 1 aliphatic rings. The Labute approximate surface area is 152 Å². The van der Waals surface area contributed by atoms with Gasteiger partial charge in [0.2, 0.25) is 5.95 Å². The van der Waals surface area contributed by atoms with Gasteiger partial charge in [0, 0.05) is 25.0 Å². The van der Waals surface area contributed by atoms with Crippen LogP contribution < -0.4 is 5.32 Å². The van der Waals surface area contributed by atoms with E-state index in [1.165, 1.54) is 6.42 Å². The van der Waals surface area contributed by atoms with Gasteiger partial charge in [-0.3, -0.25) is 0 Å². The first-order valence-corrected chi connectivity index (χ1v) is 8.97. The fraction of sp³-hybridized carbons (Fsp3) is 0.421. The molecule has 0 radical (unpaired) electrons. The third-order valence-corrected chi connectivity index (χ3v) is 4.87. The van der Waals surface area contributed by atoms with E-state index in [1.807, 2.05) is 26.1 Å². The molecule has 0 unspecified atom stereocenters. The number of fused-ring (bicyclic) bond motifs is 1. The van der Waals surface area contributed by atoms with Crippen molar-refractivity contribution in [3.8, 4) is 11.4 Å². The monoisotopic (exact) mass is 352 g/mol. The van der Waals surface area contributed by atoms with E-state index in [2.05, 4.69) is 32.3 Å². The second-order valence-corrected chi connectivity index (χ2v) is 7.24.